The molecule has 0 N–H and O–H groups in total. The van der Waals surface area contributed by atoms with Crippen molar-refractivity contribution in [3.8, 4) is 0 Å². The highest BCUT2D eigenvalue weighted by Gasteiger charge is 2.15. The third kappa shape index (κ3) is 2.47. The lowest BCUT2D eigenvalue weighted by Gasteiger charge is -2.10. The number of aryl methyl sites for hydroxylation is 3. The van der Waals surface area contributed by atoms with Crippen LogP contribution in [0.5, 0.6) is 0 Å². The fourth-order valence-electron chi connectivity index (χ4n) is 2.14. The molecule has 0 aliphatic heterocycles. The van der Waals surface area contributed by atoms with Gasteiger partial charge < -0.3 is 0 Å². The van der Waals surface area contributed by atoms with Crippen LogP contribution >= 0.6 is 11.3 Å². The standard InChI is InChI=1S/C14H18N2O2S/c1-5-11-15-13-12(9(3)10(4)19-13)14(18)16(11)7-6-8(2)17/h5-7H2,1-4H3. The van der Waals surface area contributed by atoms with Crippen molar-refractivity contribution in [2.75, 3.05) is 0 Å². The molecule has 2 aromatic heterocycles. The summed E-state index contributed by atoms with van der Waals surface area (Å²) in [6.45, 7) is 7.91. The molecule has 0 amide bonds. The topological polar surface area (TPSA) is 52.0 Å². The molecule has 2 aromatic rings. The van der Waals surface area contributed by atoms with Gasteiger partial charge in [-0.1, -0.05) is 6.92 Å². The van der Waals surface area contributed by atoms with Crippen LogP contribution in [0, 0.1) is 13.8 Å². The van der Waals surface area contributed by atoms with Crippen molar-refractivity contribution in [1.29, 1.82) is 0 Å². The summed E-state index contributed by atoms with van der Waals surface area (Å²) in [5.41, 5.74) is 1.00. The van der Waals surface area contributed by atoms with Gasteiger partial charge in [0.05, 0.1) is 5.39 Å². The molecule has 19 heavy (non-hydrogen) atoms. The van der Waals surface area contributed by atoms with Crippen LogP contribution in [-0.2, 0) is 17.8 Å². The van der Waals surface area contributed by atoms with Crippen LogP contribution in [0.4, 0.5) is 0 Å². The lowest BCUT2D eigenvalue weighted by atomic mass is 10.2. The van der Waals surface area contributed by atoms with Crippen LogP contribution in [0.25, 0.3) is 10.2 Å². The van der Waals surface area contributed by atoms with Crippen molar-refractivity contribution in [3.63, 3.8) is 0 Å². The fraction of sp³-hybridized carbons (Fsp3) is 0.500. The number of thiophene rings is 1. The van der Waals surface area contributed by atoms with Crippen molar-refractivity contribution >= 4 is 27.3 Å². The van der Waals surface area contributed by atoms with Gasteiger partial charge in [-0.05, 0) is 26.3 Å². The molecule has 4 nitrogen and oxygen atoms in total. The van der Waals surface area contributed by atoms with E-state index in [4.69, 9.17) is 0 Å². The number of ketones is 1. The lowest BCUT2D eigenvalue weighted by Crippen LogP contribution is -2.26. The Morgan fingerprint density at radius 1 is 1.37 bits per heavy atom. The Balaban J connectivity index is 2.67. The largest absolute Gasteiger partial charge is 0.300 e. The Labute approximate surface area is 116 Å². The molecule has 0 saturated heterocycles. The number of Topliss-reactive ketones (excluding diaryl/α,β-unsaturated/α-hetero) is 1. The smallest absolute Gasteiger partial charge is 0.262 e. The van der Waals surface area contributed by atoms with Gasteiger partial charge in [-0.3, -0.25) is 14.2 Å². The first-order valence-electron chi connectivity index (χ1n) is 6.44. The van der Waals surface area contributed by atoms with Gasteiger partial charge in [0.2, 0.25) is 0 Å². The van der Waals surface area contributed by atoms with E-state index in [-0.39, 0.29) is 11.3 Å². The molecule has 0 spiro atoms. The van der Waals surface area contributed by atoms with E-state index in [9.17, 15) is 9.59 Å². The molecule has 0 fully saturated rings. The summed E-state index contributed by atoms with van der Waals surface area (Å²) >= 11 is 1.56. The molecule has 0 aliphatic rings. The van der Waals surface area contributed by atoms with Gasteiger partial charge in [-0.25, -0.2) is 4.98 Å². The Kier molecular flexibility index (Phi) is 3.85. The van der Waals surface area contributed by atoms with Crippen molar-refractivity contribution in [2.24, 2.45) is 0 Å². The van der Waals surface area contributed by atoms with Gasteiger partial charge in [0.15, 0.2) is 0 Å². The van der Waals surface area contributed by atoms with E-state index in [0.29, 0.717) is 24.8 Å². The number of nitrogens with zero attached hydrogens (tertiary/aromatic N) is 2. The zero-order valence-corrected chi connectivity index (χ0v) is 12.6. The summed E-state index contributed by atoms with van der Waals surface area (Å²) < 4.78 is 1.66. The number of hydrogen-bond donors (Lipinski definition) is 0. The van der Waals surface area contributed by atoms with Crippen LogP contribution in [0.3, 0.4) is 0 Å². The third-order valence-electron chi connectivity index (χ3n) is 3.37. The van der Waals surface area contributed by atoms with Crippen LogP contribution in [0.15, 0.2) is 4.79 Å². The normalized spacial score (nSPS) is 11.2. The van der Waals surface area contributed by atoms with E-state index in [2.05, 4.69) is 4.98 Å². The monoisotopic (exact) mass is 278 g/mol. The molecular formula is C14H18N2O2S. The molecule has 0 aromatic carbocycles. The third-order valence-corrected chi connectivity index (χ3v) is 4.47. The SMILES string of the molecule is CCc1nc2sc(C)c(C)c2c(=O)n1CCC(C)=O. The zero-order chi connectivity index (χ0) is 14.2. The molecule has 102 valence electrons. The van der Waals surface area contributed by atoms with E-state index < -0.39 is 0 Å². The van der Waals surface area contributed by atoms with Crippen LogP contribution in [0.1, 0.15) is 36.5 Å². The average molecular weight is 278 g/mol. The number of hydrogen-bond acceptors (Lipinski definition) is 4. The van der Waals surface area contributed by atoms with Gasteiger partial charge in [0, 0.05) is 24.3 Å². The number of aromatic nitrogens is 2. The summed E-state index contributed by atoms with van der Waals surface area (Å²) in [5, 5.41) is 0.711. The maximum Gasteiger partial charge on any atom is 0.262 e. The number of rotatable bonds is 4. The average Bonchev–Trinajstić information content (AvgIpc) is 2.63. The van der Waals surface area contributed by atoms with Gasteiger partial charge in [0.1, 0.15) is 16.4 Å². The molecule has 0 atom stereocenters. The maximum absolute atomic E-state index is 12.6. The highest BCUT2D eigenvalue weighted by Crippen LogP contribution is 2.26. The maximum atomic E-state index is 12.6. The quantitative estimate of drug-likeness (QED) is 0.864. The van der Waals surface area contributed by atoms with Crippen molar-refractivity contribution in [2.45, 2.75) is 47.1 Å². The predicted molar refractivity (Wildman–Crippen MR) is 78.0 cm³/mol. The zero-order valence-electron chi connectivity index (χ0n) is 11.7. The minimum Gasteiger partial charge on any atom is -0.300 e. The Hall–Kier alpha value is -1.49. The minimum absolute atomic E-state index is 0.00931. The fourth-order valence-corrected chi connectivity index (χ4v) is 3.18. The van der Waals surface area contributed by atoms with Gasteiger partial charge in [0.25, 0.3) is 5.56 Å². The second-order valence-electron chi connectivity index (χ2n) is 4.75. The molecule has 0 saturated carbocycles. The van der Waals surface area contributed by atoms with Crippen LogP contribution < -0.4 is 5.56 Å². The summed E-state index contributed by atoms with van der Waals surface area (Å²) in [6, 6.07) is 0. The second kappa shape index (κ2) is 5.25. The number of fused-ring (bicyclic) bond motifs is 1. The summed E-state index contributed by atoms with van der Waals surface area (Å²) in [4.78, 5) is 30.2. The van der Waals surface area contributed by atoms with Gasteiger partial charge in [-0.15, -0.1) is 11.3 Å². The number of carbonyl (C=O) groups is 1. The highest BCUT2D eigenvalue weighted by atomic mass is 32.1. The first-order chi connectivity index (χ1) is 8.95. The van der Waals surface area contributed by atoms with Gasteiger partial charge in [-0.2, -0.15) is 0 Å². The summed E-state index contributed by atoms with van der Waals surface area (Å²) in [6.07, 6.45) is 1.07. The molecular weight excluding hydrogens is 260 g/mol. The predicted octanol–water partition coefficient (Wildman–Crippen LogP) is 2.62. The van der Waals surface area contributed by atoms with Crippen molar-refractivity contribution < 1.29 is 4.79 Å². The second-order valence-corrected chi connectivity index (χ2v) is 5.96. The molecule has 2 rings (SSSR count). The Morgan fingerprint density at radius 3 is 2.63 bits per heavy atom. The minimum atomic E-state index is -0.00931. The van der Waals surface area contributed by atoms with E-state index in [0.717, 1.165) is 21.1 Å². The first-order valence-corrected chi connectivity index (χ1v) is 7.26. The molecule has 0 aliphatic carbocycles. The summed E-state index contributed by atoms with van der Waals surface area (Å²) in [7, 11) is 0. The van der Waals surface area contributed by atoms with E-state index in [1.165, 1.54) is 0 Å². The lowest BCUT2D eigenvalue weighted by molar-refractivity contribution is -0.117. The molecule has 0 bridgehead atoms. The van der Waals surface area contributed by atoms with E-state index in [1.807, 2.05) is 20.8 Å². The molecule has 5 heteroatoms. The van der Waals surface area contributed by atoms with Crippen molar-refractivity contribution in [1.82, 2.24) is 9.55 Å². The van der Waals surface area contributed by atoms with E-state index in [1.54, 1.807) is 22.8 Å². The summed E-state index contributed by atoms with van der Waals surface area (Å²) in [5.74, 6) is 0.854. The first kappa shape index (κ1) is 13.9. The molecule has 0 unspecified atom stereocenters. The Bertz CT molecular complexity index is 698. The number of carbonyl (C=O) groups excluding carboxylic acids is 1. The van der Waals surface area contributed by atoms with E-state index >= 15 is 0 Å². The Morgan fingerprint density at radius 2 is 2.05 bits per heavy atom. The molecule has 2 heterocycles. The van der Waals surface area contributed by atoms with Crippen LogP contribution in [-0.4, -0.2) is 15.3 Å². The van der Waals surface area contributed by atoms with Crippen LogP contribution in [0.2, 0.25) is 0 Å². The molecule has 0 radical (unpaired) electrons. The van der Waals surface area contributed by atoms with Crippen molar-refractivity contribution in [3.05, 3.63) is 26.6 Å². The van der Waals surface area contributed by atoms with Gasteiger partial charge >= 0.3 is 0 Å². The highest BCUT2D eigenvalue weighted by molar-refractivity contribution is 7.18.